The summed E-state index contributed by atoms with van der Waals surface area (Å²) in [6, 6.07) is 8.78. The molecule has 0 spiro atoms. The first-order valence-electron chi connectivity index (χ1n) is 9.20. The van der Waals surface area contributed by atoms with Crippen molar-refractivity contribution in [3.63, 3.8) is 0 Å². The maximum absolute atomic E-state index is 12.8. The van der Waals surface area contributed by atoms with Crippen molar-refractivity contribution in [1.29, 1.82) is 0 Å². The summed E-state index contributed by atoms with van der Waals surface area (Å²) in [4.78, 5) is 12.8. The molecule has 0 amide bonds. The molecule has 2 rings (SSSR count). The molecular weight excluding hydrogens is 356 g/mol. The highest BCUT2D eigenvalue weighted by Crippen LogP contribution is 2.39. The van der Waals surface area contributed by atoms with Crippen molar-refractivity contribution in [2.45, 2.75) is 52.4 Å². The minimum Gasteiger partial charge on any atom is -0.502 e. The number of methoxy groups -OCH3 is 2. The lowest BCUT2D eigenvalue weighted by Crippen LogP contribution is -2.19. The maximum atomic E-state index is 12.8. The van der Waals surface area contributed by atoms with E-state index in [1.807, 2.05) is 12.1 Å². The Morgan fingerprint density at radius 1 is 0.821 bits per heavy atom. The summed E-state index contributed by atoms with van der Waals surface area (Å²) < 4.78 is 16.0. The third kappa shape index (κ3) is 4.58. The molecule has 0 aliphatic carbocycles. The Morgan fingerprint density at radius 3 is 1.79 bits per heavy atom. The minimum absolute atomic E-state index is 0.0137. The fourth-order valence-corrected chi connectivity index (χ4v) is 2.84. The lowest BCUT2D eigenvalue weighted by atomic mass is 9.80. The SMILES string of the molecule is COc1cc(C(=O)Oc2ccc(C(C)(C)C)cc2C(C)(C)C)cc(OC)c1O. The second-order valence-electron chi connectivity index (χ2n) is 8.83. The van der Waals surface area contributed by atoms with E-state index >= 15 is 0 Å². The van der Waals surface area contributed by atoms with Gasteiger partial charge in [0.1, 0.15) is 5.75 Å². The van der Waals surface area contributed by atoms with E-state index in [0.29, 0.717) is 5.75 Å². The predicted molar refractivity (Wildman–Crippen MR) is 110 cm³/mol. The Labute approximate surface area is 167 Å². The van der Waals surface area contributed by atoms with Gasteiger partial charge in [-0.2, -0.15) is 0 Å². The summed E-state index contributed by atoms with van der Waals surface area (Å²) in [6.07, 6.45) is 0. The zero-order chi connectivity index (χ0) is 21.3. The van der Waals surface area contributed by atoms with Gasteiger partial charge in [-0.25, -0.2) is 4.79 Å². The van der Waals surface area contributed by atoms with E-state index < -0.39 is 5.97 Å². The summed E-state index contributed by atoms with van der Waals surface area (Å²) in [5, 5.41) is 10.0. The van der Waals surface area contributed by atoms with Gasteiger partial charge in [0.05, 0.1) is 19.8 Å². The molecule has 0 atom stereocenters. The molecule has 0 bridgehead atoms. The first-order chi connectivity index (χ1) is 12.9. The van der Waals surface area contributed by atoms with Crippen LogP contribution in [0.5, 0.6) is 23.0 Å². The van der Waals surface area contributed by atoms with Gasteiger partial charge < -0.3 is 19.3 Å². The standard InChI is InChI=1S/C23H30O5/c1-22(2,3)15-9-10-17(16(13-15)23(4,5)6)28-21(25)14-11-18(26-7)20(24)19(12-14)27-8/h9-13,24H,1-8H3. The van der Waals surface area contributed by atoms with Gasteiger partial charge in [0, 0.05) is 5.56 Å². The van der Waals surface area contributed by atoms with Gasteiger partial charge >= 0.3 is 5.97 Å². The highest BCUT2D eigenvalue weighted by Gasteiger charge is 2.25. The molecule has 0 aliphatic rings. The zero-order valence-electron chi connectivity index (χ0n) is 18.0. The van der Waals surface area contributed by atoms with Crippen molar-refractivity contribution in [1.82, 2.24) is 0 Å². The molecule has 0 unspecified atom stereocenters. The predicted octanol–water partition coefficient (Wildman–Crippen LogP) is 5.22. The molecular formula is C23H30O5. The molecule has 5 nitrogen and oxygen atoms in total. The molecule has 152 valence electrons. The monoisotopic (exact) mass is 386 g/mol. The van der Waals surface area contributed by atoms with Crippen LogP contribution in [0.4, 0.5) is 0 Å². The lowest BCUT2D eigenvalue weighted by molar-refractivity contribution is 0.0731. The van der Waals surface area contributed by atoms with E-state index in [2.05, 4.69) is 47.6 Å². The molecule has 2 aromatic rings. The highest BCUT2D eigenvalue weighted by atomic mass is 16.5. The molecule has 0 saturated heterocycles. The third-order valence-corrected chi connectivity index (χ3v) is 4.57. The summed E-state index contributed by atoms with van der Waals surface area (Å²) in [5.74, 6) is 0.0874. The van der Waals surface area contributed by atoms with Crippen molar-refractivity contribution in [2.24, 2.45) is 0 Å². The van der Waals surface area contributed by atoms with Crippen molar-refractivity contribution in [2.75, 3.05) is 14.2 Å². The fraction of sp³-hybridized carbons (Fsp3) is 0.435. The molecule has 28 heavy (non-hydrogen) atoms. The van der Waals surface area contributed by atoms with Gasteiger partial charge in [0.25, 0.3) is 0 Å². The third-order valence-electron chi connectivity index (χ3n) is 4.57. The molecule has 1 N–H and O–H groups in total. The highest BCUT2D eigenvalue weighted by molar-refractivity contribution is 5.93. The lowest BCUT2D eigenvalue weighted by Gasteiger charge is -2.27. The molecule has 0 radical (unpaired) electrons. The second-order valence-corrected chi connectivity index (χ2v) is 8.83. The average Bonchev–Trinajstić information content (AvgIpc) is 2.60. The van der Waals surface area contributed by atoms with Crippen LogP contribution in [0.3, 0.4) is 0 Å². The number of aromatic hydroxyl groups is 1. The van der Waals surface area contributed by atoms with Gasteiger partial charge in [-0.15, -0.1) is 0 Å². The number of phenols is 1. The summed E-state index contributed by atoms with van der Waals surface area (Å²) >= 11 is 0. The van der Waals surface area contributed by atoms with Crippen LogP contribution in [0.15, 0.2) is 30.3 Å². The zero-order valence-corrected chi connectivity index (χ0v) is 18.0. The summed E-state index contributed by atoms with van der Waals surface area (Å²) in [7, 11) is 2.82. The van der Waals surface area contributed by atoms with Crippen LogP contribution >= 0.6 is 0 Å². The van der Waals surface area contributed by atoms with Crippen molar-refractivity contribution >= 4 is 5.97 Å². The van der Waals surface area contributed by atoms with Crippen LogP contribution in [0, 0.1) is 0 Å². The van der Waals surface area contributed by atoms with Crippen molar-refractivity contribution in [3.8, 4) is 23.0 Å². The van der Waals surface area contributed by atoms with Gasteiger partial charge in [-0.1, -0.05) is 53.7 Å². The van der Waals surface area contributed by atoms with Crippen molar-refractivity contribution < 1.29 is 24.1 Å². The van der Waals surface area contributed by atoms with Crippen LogP contribution in [-0.2, 0) is 10.8 Å². The molecule has 5 heteroatoms. The first kappa shape index (κ1) is 21.6. The van der Waals surface area contributed by atoms with Gasteiger partial charge in [-0.05, 0) is 34.6 Å². The van der Waals surface area contributed by atoms with E-state index in [1.165, 1.54) is 31.9 Å². The number of benzene rings is 2. The Morgan fingerprint density at radius 2 is 1.36 bits per heavy atom. The Bertz CT molecular complexity index is 845. The summed E-state index contributed by atoms with van der Waals surface area (Å²) in [6.45, 7) is 12.7. The van der Waals surface area contributed by atoms with Crippen LogP contribution in [0.2, 0.25) is 0 Å². The molecule has 0 aliphatic heterocycles. The van der Waals surface area contributed by atoms with Gasteiger partial charge in [0.15, 0.2) is 11.5 Å². The van der Waals surface area contributed by atoms with E-state index in [-0.39, 0.29) is 33.6 Å². The number of hydrogen-bond acceptors (Lipinski definition) is 5. The van der Waals surface area contributed by atoms with Gasteiger partial charge in [0.2, 0.25) is 5.75 Å². The van der Waals surface area contributed by atoms with Crippen LogP contribution in [0.25, 0.3) is 0 Å². The first-order valence-corrected chi connectivity index (χ1v) is 9.20. The van der Waals surface area contributed by atoms with E-state index in [4.69, 9.17) is 14.2 Å². The molecule has 0 saturated carbocycles. The number of carbonyl (C=O) groups is 1. The quantitative estimate of drug-likeness (QED) is 0.576. The largest absolute Gasteiger partial charge is 0.502 e. The minimum atomic E-state index is -0.550. The van der Waals surface area contributed by atoms with E-state index in [1.54, 1.807) is 0 Å². The number of phenolic OH excluding ortho intramolecular Hbond substituents is 1. The average molecular weight is 386 g/mol. The number of ether oxygens (including phenoxy) is 3. The Hall–Kier alpha value is -2.69. The normalized spacial score (nSPS) is 11.9. The van der Waals surface area contributed by atoms with Crippen molar-refractivity contribution in [3.05, 3.63) is 47.0 Å². The molecule has 0 heterocycles. The summed E-state index contributed by atoms with van der Waals surface area (Å²) in [5.41, 5.74) is 2.13. The van der Waals surface area contributed by atoms with Gasteiger partial charge in [-0.3, -0.25) is 0 Å². The second kappa shape index (κ2) is 7.74. The van der Waals surface area contributed by atoms with Crippen LogP contribution in [0.1, 0.15) is 63.0 Å². The number of carbonyl (C=O) groups excluding carboxylic acids is 1. The smallest absolute Gasteiger partial charge is 0.343 e. The fourth-order valence-electron chi connectivity index (χ4n) is 2.84. The molecule has 0 aromatic heterocycles. The van der Waals surface area contributed by atoms with E-state index in [9.17, 15) is 9.90 Å². The molecule has 2 aromatic carbocycles. The van der Waals surface area contributed by atoms with Crippen LogP contribution in [-0.4, -0.2) is 25.3 Å². The Balaban J connectivity index is 2.47. The number of esters is 1. The maximum Gasteiger partial charge on any atom is 0.343 e. The van der Waals surface area contributed by atoms with E-state index in [0.717, 1.165) is 5.56 Å². The molecule has 0 fully saturated rings. The number of hydrogen-bond donors (Lipinski definition) is 1. The van der Waals surface area contributed by atoms with Crippen LogP contribution < -0.4 is 14.2 Å². The number of rotatable bonds is 4. The Kier molecular flexibility index (Phi) is 5.97. The topological polar surface area (TPSA) is 65.0 Å².